The van der Waals surface area contributed by atoms with Gasteiger partial charge in [0, 0.05) is 22.9 Å². The van der Waals surface area contributed by atoms with Gasteiger partial charge < -0.3 is 0 Å². The Kier molecular flexibility index (Phi) is 3.76. The summed E-state index contributed by atoms with van der Waals surface area (Å²) in [6.07, 6.45) is 7.78. The van der Waals surface area contributed by atoms with E-state index in [9.17, 15) is 0 Å². The van der Waals surface area contributed by atoms with Gasteiger partial charge in [0.05, 0.1) is 16.9 Å². The highest BCUT2D eigenvalue weighted by Crippen LogP contribution is 2.67. The molecule has 1 aliphatic carbocycles. The Morgan fingerprint density at radius 3 is 1.81 bits per heavy atom. The van der Waals surface area contributed by atoms with E-state index in [0.717, 1.165) is 20.6 Å². The molecule has 1 aromatic heterocycles. The molecule has 21 heavy (non-hydrogen) atoms. The van der Waals surface area contributed by atoms with E-state index in [1.807, 2.05) is 23.5 Å². The van der Waals surface area contributed by atoms with Gasteiger partial charge in [-0.15, -0.1) is 23.5 Å². The number of nitrogens with zero attached hydrogens (tertiary/aromatic N) is 2. The van der Waals surface area contributed by atoms with Crippen molar-refractivity contribution in [3.8, 4) is 0 Å². The minimum Gasteiger partial charge on any atom is -0.245 e. The molecule has 4 heterocycles. The van der Waals surface area contributed by atoms with Crippen molar-refractivity contribution in [3.05, 3.63) is 29.3 Å². The second-order valence-corrected chi connectivity index (χ2v) is 12.5. The van der Waals surface area contributed by atoms with Crippen LogP contribution in [-0.4, -0.2) is 20.5 Å². The van der Waals surface area contributed by atoms with Gasteiger partial charge in [0.15, 0.2) is 0 Å². The van der Waals surface area contributed by atoms with Crippen molar-refractivity contribution in [3.63, 3.8) is 0 Å². The molecule has 2 atom stereocenters. The number of hydrogen-bond acceptors (Lipinski definition) is 8. The van der Waals surface area contributed by atoms with Crippen LogP contribution < -0.4 is 0 Å². The third kappa shape index (κ3) is 2.50. The van der Waals surface area contributed by atoms with Crippen molar-refractivity contribution in [2.45, 2.75) is 39.8 Å². The minimum absolute atomic E-state index is 0.857. The van der Waals surface area contributed by atoms with Gasteiger partial charge in [-0.25, -0.2) is 9.97 Å². The van der Waals surface area contributed by atoms with Crippen molar-refractivity contribution in [1.29, 1.82) is 0 Å². The van der Waals surface area contributed by atoms with Gasteiger partial charge in [-0.3, -0.25) is 0 Å². The first-order valence-electron chi connectivity index (χ1n) is 6.71. The summed E-state index contributed by atoms with van der Waals surface area (Å²) in [4.78, 5) is 8.84. The summed E-state index contributed by atoms with van der Waals surface area (Å²) < 4.78 is 5.91. The SMILES string of the molecule is c1cnc2c(n1)SC(=C1SC3=C(S1)S[C@@H]1CCC[C@@H]1S3)S2. The minimum atomic E-state index is 0.857. The van der Waals surface area contributed by atoms with E-state index >= 15 is 0 Å². The second kappa shape index (κ2) is 5.63. The first-order chi connectivity index (χ1) is 10.4. The average Bonchev–Trinajstić information content (AvgIpc) is 3.20. The summed E-state index contributed by atoms with van der Waals surface area (Å²) in [5.74, 6) is 0. The molecule has 108 valence electrons. The highest BCUT2D eigenvalue weighted by atomic mass is 32.3. The van der Waals surface area contributed by atoms with Crippen molar-refractivity contribution in [2.24, 2.45) is 0 Å². The number of fused-ring (bicyclic) bond motifs is 2. The Bertz CT molecular complexity index is 632. The fourth-order valence-corrected chi connectivity index (χ4v) is 12.2. The smallest absolute Gasteiger partial charge is 0.134 e. The van der Waals surface area contributed by atoms with E-state index in [-0.39, 0.29) is 0 Å². The molecule has 8 heteroatoms. The molecule has 5 rings (SSSR count). The second-order valence-electron chi connectivity index (χ2n) is 4.97. The van der Waals surface area contributed by atoms with Crippen LogP contribution in [-0.2, 0) is 0 Å². The van der Waals surface area contributed by atoms with Crippen LogP contribution in [0.25, 0.3) is 0 Å². The van der Waals surface area contributed by atoms with Gasteiger partial charge in [0.2, 0.25) is 0 Å². The summed E-state index contributed by atoms with van der Waals surface area (Å²) in [5, 5.41) is 3.84. The molecule has 0 amide bonds. The van der Waals surface area contributed by atoms with Gasteiger partial charge >= 0.3 is 0 Å². The molecule has 1 aromatic rings. The summed E-state index contributed by atoms with van der Waals surface area (Å²) in [6.45, 7) is 0. The Morgan fingerprint density at radius 2 is 1.24 bits per heavy atom. The predicted octanol–water partition coefficient (Wildman–Crippen LogP) is 5.81. The van der Waals surface area contributed by atoms with E-state index in [0.29, 0.717) is 0 Å². The predicted molar refractivity (Wildman–Crippen MR) is 99.6 cm³/mol. The lowest BCUT2D eigenvalue weighted by Crippen LogP contribution is -2.14. The average molecular weight is 387 g/mol. The van der Waals surface area contributed by atoms with Gasteiger partial charge in [-0.2, -0.15) is 0 Å². The number of rotatable bonds is 0. The lowest BCUT2D eigenvalue weighted by atomic mass is 10.4. The third-order valence-corrected chi connectivity index (χ3v) is 12.9. The summed E-state index contributed by atoms with van der Waals surface area (Å²) in [6, 6.07) is 0. The Labute approximate surface area is 148 Å². The maximum absolute atomic E-state index is 4.42. The zero-order valence-corrected chi connectivity index (χ0v) is 15.7. The standard InChI is InChI=1S/C13H10N2S6/c1-2-6-7(3-1)17-11-10(16-6)20-13(21-11)12-18-8-9(19-12)15-5-4-14-8/h4-7H,1-3H2/t6-,7+. The van der Waals surface area contributed by atoms with Gasteiger partial charge in [-0.05, 0) is 12.8 Å². The van der Waals surface area contributed by atoms with E-state index in [2.05, 4.69) is 33.5 Å². The van der Waals surface area contributed by atoms with Crippen molar-refractivity contribution in [2.75, 3.05) is 0 Å². The lowest BCUT2D eigenvalue weighted by Gasteiger charge is -2.24. The third-order valence-electron chi connectivity index (χ3n) is 3.62. The molecular weight excluding hydrogens is 377 g/mol. The molecule has 0 aromatic carbocycles. The Balaban J connectivity index is 1.40. The molecule has 3 aliphatic heterocycles. The van der Waals surface area contributed by atoms with Gasteiger partial charge in [0.1, 0.15) is 10.1 Å². The van der Waals surface area contributed by atoms with Gasteiger partial charge in [0.25, 0.3) is 0 Å². The van der Waals surface area contributed by atoms with Crippen LogP contribution in [0.5, 0.6) is 0 Å². The van der Waals surface area contributed by atoms with Gasteiger partial charge in [-0.1, -0.05) is 53.5 Å². The first kappa shape index (κ1) is 14.0. The number of aromatic nitrogens is 2. The molecule has 0 bridgehead atoms. The number of hydrogen-bond donors (Lipinski definition) is 0. The van der Waals surface area contributed by atoms with Crippen LogP contribution in [0.15, 0.2) is 39.4 Å². The zero-order chi connectivity index (χ0) is 13.8. The fraction of sp³-hybridized carbons (Fsp3) is 0.385. The normalized spacial score (nSPS) is 30.7. The lowest BCUT2D eigenvalue weighted by molar-refractivity contribution is 0.891. The maximum Gasteiger partial charge on any atom is 0.134 e. The monoisotopic (exact) mass is 386 g/mol. The van der Waals surface area contributed by atoms with Crippen molar-refractivity contribution < 1.29 is 0 Å². The summed E-state index contributed by atoms with van der Waals surface area (Å²) >= 11 is 11.8. The molecular formula is C13H10N2S6. The highest BCUT2D eigenvalue weighted by Gasteiger charge is 2.40. The molecule has 2 nitrogen and oxygen atoms in total. The molecule has 0 N–H and O–H groups in total. The maximum atomic E-state index is 4.42. The van der Waals surface area contributed by atoms with Crippen molar-refractivity contribution in [1.82, 2.24) is 9.97 Å². The fourth-order valence-electron chi connectivity index (χ4n) is 2.67. The number of thioether (sulfide) groups is 6. The topological polar surface area (TPSA) is 25.8 Å². The zero-order valence-electron chi connectivity index (χ0n) is 10.8. The summed E-state index contributed by atoms with van der Waals surface area (Å²) in [5.41, 5.74) is 0. The summed E-state index contributed by atoms with van der Waals surface area (Å²) in [7, 11) is 0. The largest absolute Gasteiger partial charge is 0.245 e. The quantitative estimate of drug-likeness (QED) is 0.551. The molecule has 1 saturated carbocycles. The molecule has 0 radical (unpaired) electrons. The van der Waals surface area contributed by atoms with Crippen LogP contribution in [0.3, 0.4) is 0 Å². The molecule has 4 aliphatic rings. The van der Waals surface area contributed by atoms with E-state index in [1.165, 1.54) is 27.7 Å². The molecule has 1 fully saturated rings. The van der Waals surface area contributed by atoms with Crippen LogP contribution in [0.2, 0.25) is 0 Å². The van der Waals surface area contributed by atoms with E-state index in [4.69, 9.17) is 0 Å². The van der Waals surface area contributed by atoms with Crippen LogP contribution in [0.4, 0.5) is 0 Å². The van der Waals surface area contributed by atoms with Crippen LogP contribution >= 0.6 is 70.6 Å². The van der Waals surface area contributed by atoms with E-state index < -0.39 is 0 Å². The Morgan fingerprint density at radius 1 is 0.714 bits per heavy atom. The Hall–Kier alpha value is 0.660. The van der Waals surface area contributed by atoms with E-state index in [1.54, 1.807) is 44.4 Å². The molecule has 0 unspecified atom stereocenters. The molecule has 0 spiro atoms. The van der Waals surface area contributed by atoms with Crippen LogP contribution in [0, 0.1) is 0 Å². The highest BCUT2D eigenvalue weighted by molar-refractivity contribution is 8.42. The first-order valence-corrected chi connectivity index (χ1v) is 11.7. The van der Waals surface area contributed by atoms with Crippen LogP contribution in [0.1, 0.15) is 19.3 Å². The molecule has 0 saturated heterocycles. The van der Waals surface area contributed by atoms with Crippen molar-refractivity contribution >= 4 is 70.6 Å².